The molecule has 0 unspecified atom stereocenters. The molecule has 0 atom stereocenters. The summed E-state index contributed by atoms with van der Waals surface area (Å²) in [7, 11) is 0. The third kappa shape index (κ3) is 3.34. The van der Waals surface area contributed by atoms with Crippen LogP contribution in [-0.2, 0) is 6.42 Å². The van der Waals surface area contributed by atoms with E-state index in [0.717, 1.165) is 16.5 Å². The van der Waals surface area contributed by atoms with E-state index in [0.29, 0.717) is 22.5 Å². The largest absolute Gasteiger partial charge is 0.358 e. The van der Waals surface area contributed by atoms with Gasteiger partial charge < -0.3 is 5.32 Å². The topological polar surface area (TPSA) is 37.8 Å². The van der Waals surface area contributed by atoms with Crippen molar-refractivity contribution in [3.8, 4) is 0 Å². The highest BCUT2D eigenvalue weighted by Crippen LogP contribution is 2.27. The van der Waals surface area contributed by atoms with Crippen molar-refractivity contribution < 1.29 is 0 Å². The molecule has 0 bridgehead atoms. The molecule has 0 spiro atoms. The van der Waals surface area contributed by atoms with Crippen LogP contribution < -0.4 is 5.32 Å². The van der Waals surface area contributed by atoms with E-state index in [9.17, 15) is 0 Å². The van der Waals surface area contributed by atoms with Gasteiger partial charge in [-0.25, -0.2) is 4.98 Å². The maximum atomic E-state index is 6.12. The van der Waals surface area contributed by atoms with Gasteiger partial charge in [0.1, 0.15) is 5.82 Å². The molecular formula is C12H13Cl2N3S. The minimum absolute atomic E-state index is 0.342. The Morgan fingerprint density at radius 3 is 2.56 bits per heavy atom. The maximum absolute atomic E-state index is 6.12. The summed E-state index contributed by atoms with van der Waals surface area (Å²) in [5.74, 6) is 0.734. The lowest BCUT2D eigenvalue weighted by atomic mass is 10.1. The minimum Gasteiger partial charge on any atom is -0.358 e. The Morgan fingerprint density at radius 2 is 1.94 bits per heavy atom. The second kappa shape index (κ2) is 5.87. The number of nitrogens with zero attached hydrogens (tertiary/aromatic N) is 2. The van der Waals surface area contributed by atoms with Gasteiger partial charge in [-0.1, -0.05) is 29.3 Å². The number of benzene rings is 1. The molecule has 0 aliphatic heterocycles. The van der Waals surface area contributed by atoms with Crippen molar-refractivity contribution in [2.24, 2.45) is 0 Å². The van der Waals surface area contributed by atoms with Crippen molar-refractivity contribution in [3.05, 3.63) is 39.6 Å². The third-order valence-corrected chi connectivity index (χ3v) is 3.67. The molecular weight excluding hydrogens is 289 g/mol. The van der Waals surface area contributed by atoms with Gasteiger partial charge >= 0.3 is 0 Å². The molecule has 6 heteroatoms. The van der Waals surface area contributed by atoms with Crippen molar-refractivity contribution in [1.82, 2.24) is 9.36 Å². The smallest absolute Gasteiger partial charge is 0.202 e. The number of hydrogen-bond acceptors (Lipinski definition) is 4. The summed E-state index contributed by atoms with van der Waals surface area (Å²) >= 11 is 13.6. The summed E-state index contributed by atoms with van der Waals surface area (Å²) in [5.41, 5.74) is 0.870. The highest BCUT2D eigenvalue weighted by molar-refractivity contribution is 7.09. The number of rotatable bonds is 4. The molecule has 0 fully saturated rings. The predicted molar refractivity (Wildman–Crippen MR) is 77.9 cm³/mol. The van der Waals surface area contributed by atoms with Gasteiger partial charge in [0, 0.05) is 34.0 Å². The van der Waals surface area contributed by atoms with Crippen LogP contribution in [0.25, 0.3) is 0 Å². The average Bonchev–Trinajstić information content (AvgIpc) is 2.70. The van der Waals surface area contributed by atoms with E-state index in [4.69, 9.17) is 23.2 Å². The Balaban J connectivity index is 2.16. The molecule has 1 N–H and O–H groups in total. The van der Waals surface area contributed by atoms with E-state index in [1.165, 1.54) is 11.5 Å². The van der Waals surface area contributed by atoms with Crippen LogP contribution in [0.1, 0.15) is 25.2 Å². The molecule has 1 aromatic heterocycles. The van der Waals surface area contributed by atoms with Gasteiger partial charge in [-0.3, -0.25) is 0 Å². The zero-order valence-corrected chi connectivity index (χ0v) is 12.4. The molecule has 2 aromatic rings. The molecule has 3 nitrogen and oxygen atoms in total. The van der Waals surface area contributed by atoms with Crippen LogP contribution in [0.2, 0.25) is 10.0 Å². The maximum Gasteiger partial charge on any atom is 0.202 e. The van der Waals surface area contributed by atoms with Crippen molar-refractivity contribution in [1.29, 1.82) is 0 Å². The lowest BCUT2D eigenvalue weighted by Gasteiger charge is -2.04. The molecule has 96 valence electrons. The normalized spacial score (nSPS) is 10.9. The quantitative estimate of drug-likeness (QED) is 0.917. The molecule has 1 aromatic carbocycles. The second-order valence-electron chi connectivity index (χ2n) is 4.19. The molecule has 2 rings (SSSR count). The summed E-state index contributed by atoms with van der Waals surface area (Å²) in [6.07, 6.45) is 0.550. The van der Waals surface area contributed by atoms with Crippen molar-refractivity contribution in [2.75, 3.05) is 5.32 Å². The van der Waals surface area contributed by atoms with Gasteiger partial charge in [0.15, 0.2) is 0 Å². The summed E-state index contributed by atoms with van der Waals surface area (Å²) in [5, 5.41) is 5.34. The Morgan fingerprint density at radius 1 is 1.28 bits per heavy atom. The van der Waals surface area contributed by atoms with Crippen LogP contribution >= 0.6 is 34.7 Å². The Hall–Kier alpha value is -0.840. The molecule has 0 amide bonds. The van der Waals surface area contributed by atoms with Gasteiger partial charge in [0.25, 0.3) is 0 Å². The summed E-state index contributed by atoms with van der Waals surface area (Å²) < 4.78 is 4.30. The van der Waals surface area contributed by atoms with E-state index in [1.807, 2.05) is 18.2 Å². The fourth-order valence-corrected chi connectivity index (χ4v) is 2.75. The molecule has 0 saturated heterocycles. The third-order valence-electron chi connectivity index (χ3n) is 2.28. The monoisotopic (exact) mass is 301 g/mol. The Labute approximate surface area is 120 Å². The minimum atomic E-state index is 0.342. The number of nitrogens with one attached hydrogen (secondary N) is 1. The van der Waals surface area contributed by atoms with E-state index in [-0.39, 0.29) is 0 Å². The predicted octanol–water partition coefficient (Wildman–Crippen LogP) is 4.26. The van der Waals surface area contributed by atoms with Crippen molar-refractivity contribution >= 4 is 39.9 Å². The summed E-state index contributed by atoms with van der Waals surface area (Å²) in [6, 6.07) is 5.81. The number of hydrogen-bond donors (Lipinski definition) is 1. The number of aromatic nitrogens is 2. The average molecular weight is 302 g/mol. The highest BCUT2D eigenvalue weighted by atomic mass is 35.5. The zero-order chi connectivity index (χ0) is 13.1. The van der Waals surface area contributed by atoms with E-state index in [2.05, 4.69) is 28.5 Å². The molecule has 0 radical (unpaired) electrons. The van der Waals surface area contributed by atoms with Crippen LogP contribution in [0.3, 0.4) is 0 Å². The number of anilines is 1. The number of halogens is 2. The second-order valence-corrected chi connectivity index (χ2v) is 5.76. The molecule has 18 heavy (non-hydrogen) atoms. The van der Waals surface area contributed by atoms with Crippen LogP contribution in [0.5, 0.6) is 0 Å². The van der Waals surface area contributed by atoms with Crippen LogP contribution in [-0.4, -0.2) is 15.4 Å². The first-order valence-corrected chi connectivity index (χ1v) is 7.11. The molecule has 1 heterocycles. The Kier molecular flexibility index (Phi) is 4.43. The zero-order valence-electron chi connectivity index (χ0n) is 10.1. The highest BCUT2D eigenvalue weighted by Gasteiger charge is 2.11. The van der Waals surface area contributed by atoms with E-state index < -0.39 is 0 Å². The van der Waals surface area contributed by atoms with Gasteiger partial charge in [-0.2, -0.15) is 4.37 Å². The lowest BCUT2D eigenvalue weighted by molar-refractivity contribution is 0.892. The standard InChI is InChI=1S/C12H13Cl2N3S/c1-7(2)15-12-16-11(17-18-12)6-8-9(13)4-3-5-10(8)14/h3-5,7H,6H2,1-2H3,(H,15,16,17). The van der Waals surface area contributed by atoms with Crippen molar-refractivity contribution in [3.63, 3.8) is 0 Å². The van der Waals surface area contributed by atoms with Crippen molar-refractivity contribution in [2.45, 2.75) is 26.3 Å². The SMILES string of the molecule is CC(C)Nc1nc(Cc2c(Cl)cccc2Cl)ns1. The fraction of sp³-hybridized carbons (Fsp3) is 0.333. The van der Waals surface area contributed by atoms with Gasteiger partial charge in [0.05, 0.1) is 0 Å². The van der Waals surface area contributed by atoms with Gasteiger partial charge in [-0.05, 0) is 31.5 Å². The van der Waals surface area contributed by atoms with Crippen LogP contribution in [0.4, 0.5) is 5.13 Å². The summed E-state index contributed by atoms with van der Waals surface area (Å²) in [6.45, 7) is 4.12. The first kappa shape index (κ1) is 13.6. The molecule has 0 saturated carbocycles. The molecule has 0 aliphatic rings. The Bertz CT molecular complexity index is 520. The first-order valence-electron chi connectivity index (χ1n) is 5.58. The van der Waals surface area contributed by atoms with Gasteiger partial charge in [0.2, 0.25) is 5.13 Å². The summed E-state index contributed by atoms with van der Waals surface area (Å²) in [4.78, 5) is 4.41. The van der Waals surface area contributed by atoms with Gasteiger partial charge in [-0.15, -0.1) is 0 Å². The van der Waals surface area contributed by atoms with Crippen LogP contribution in [0.15, 0.2) is 18.2 Å². The van der Waals surface area contributed by atoms with E-state index >= 15 is 0 Å². The van der Waals surface area contributed by atoms with Crippen LogP contribution in [0, 0.1) is 0 Å². The molecule has 0 aliphatic carbocycles. The van der Waals surface area contributed by atoms with E-state index in [1.54, 1.807) is 0 Å². The first-order chi connectivity index (χ1) is 8.56. The lowest BCUT2D eigenvalue weighted by Crippen LogP contribution is -2.09. The fourth-order valence-electron chi connectivity index (χ4n) is 1.49.